The first kappa shape index (κ1) is 18.9. The van der Waals surface area contributed by atoms with Crippen molar-refractivity contribution in [3.8, 4) is 0 Å². The summed E-state index contributed by atoms with van der Waals surface area (Å²) in [6, 6.07) is 15.6. The third-order valence-electron chi connectivity index (χ3n) is 3.93. The number of anilines is 2. The highest BCUT2D eigenvalue weighted by Gasteiger charge is 2.09. The van der Waals surface area contributed by atoms with Crippen LogP contribution >= 0.6 is 39.7 Å². The predicted molar refractivity (Wildman–Crippen MR) is 116 cm³/mol. The Morgan fingerprint density at radius 2 is 1.92 bits per heavy atom. The van der Waals surface area contributed by atoms with E-state index in [4.69, 9.17) is 23.8 Å². The second-order valence-electron chi connectivity index (χ2n) is 5.90. The Bertz CT molecular complexity index is 954. The maximum absolute atomic E-state index is 6.15. The molecule has 0 aliphatic rings. The van der Waals surface area contributed by atoms with E-state index in [-0.39, 0.29) is 0 Å². The van der Waals surface area contributed by atoms with E-state index in [1.807, 2.05) is 48.0 Å². The van der Waals surface area contributed by atoms with Crippen LogP contribution in [-0.2, 0) is 6.54 Å². The van der Waals surface area contributed by atoms with Crippen molar-refractivity contribution in [3.05, 3.63) is 75.0 Å². The molecule has 0 radical (unpaired) electrons. The molecule has 3 rings (SSSR count). The van der Waals surface area contributed by atoms with E-state index < -0.39 is 0 Å². The first-order valence-corrected chi connectivity index (χ1v) is 9.63. The average Bonchev–Trinajstić information content (AvgIpc) is 2.84. The fourth-order valence-electron chi connectivity index (χ4n) is 2.60. The summed E-state index contributed by atoms with van der Waals surface area (Å²) in [5.74, 6) is 0. The zero-order chi connectivity index (χ0) is 18.7. The number of halogens is 2. The number of para-hydroxylation sites is 1. The van der Waals surface area contributed by atoms with Gasteiger partial charge in [0.2, 0.25) is 0 Å². The Morgan fingerprint density at radius 1 is 1.15 bits per heavy atom. The van der Waals surface area contributed by atoms with Gasteiger partial charge in [0, 0.05) is 5.69 Å². The molecule has 0 unspecified atom stereocenters. The average molecular weight is 450 g/mol. The van der Waals surface area contributed by atoms with Gasteiger partial charge in [-0.15, -0.1) is 0 Å². The van der Waals surface area contributed by atoms with Crippen LogP contribution in [0.1, 0.15) is 17.0 Å². The summed E-state index contributed by atoms with van der Waals surface area (Å²) < 4.78 is 3.04. The molecule has 0 spiro atoms. The molecule has 0 bridgehead atoms. The molecule has 0 atom stereocenters. The number of rotatable bonds is 4. The van der Waals surface area contributed by atoms with Crippen molar-refractivity contribution in [1.82, 2.24) is 9.78 Å². The summed E-state index contributed by atoms with van der Waals surface area (Å²) >= 11 is 15.1. The molecule has 7 heteroatoms. The predicted octanol–water partition coefficient (Wildman–Crippen LogP) is 5.77. The lowest BCUT2D eigenvalue weighted by Crippen LogP contribution is -2.19. The van der Waals surface area contributed by atoms with Crippen molar-refractivity contribution in [2.45, 2.75) is 20.4 Å². The highest BCUT2D eigenvalue weighted by atomic mass is 79.9. The molecular formula is C19H18BrClN4S. The number of aromatic nitrogens is 2. The minimum atomic E-state index is 0.490. The van der Waals surface area contributed by atoms with Crippen LogP contribution < -0.4 is 10.6 Å². The quantitative estimate of drug-likeness (QED) is 0.496. The van der Waals surface area contributed by atoms with Crippen LogP contribution in [0.5, 0.6) is 0 Å². The molecule has 2 N–H and O–H groups in total. The Labute approximate surface area is 171 Å². The molecule has 4 nitrogen and oxygen atoms in total. The number of thiocarbonyl (C=S) groups is 1. The second-order valence-corrected chi connectivity index (χ2v) is 7.51. The smallest absolute Gasteiger partial charge is 0.175 e. The van der Waals surface area contributed by atoms with Crippen LogP contribution in [-0.4, -0.2) is 14.9 Å². The van der Waals surface area contributed by atoms with Gasteiger partial charge in [0.1, 0.15) is 0 Å². The second kappa shape index (κ2) is 8.20. The van der Waals surface area contributed by atoms with Crippen LogP contribution in [0, 0.1) is 13.8 Å². The number of hydrogen-bond donors (Lipinski definition) is 2. The maximum atomic E-state index is 6.15. The van der Waals surface area contributed by atoms with E-state index in [1.54, 1.807) is 0 Å². The standard InChI is InChI=1S/C19H18BrClN4S/c1-12-18(20)13(2)25(24-12)11-14-6-5-7-15(10-14)22-19(26)23-17-9-4-3-8-16(17)21/h3-10H,11H2,1-2H3,(H2,22,23,26). The van der Waals surface area contributed by atoms with Crippen LogP contribution in [0.4, 0.5) is 11.4 Å². The minimum absolute atomic E-state index is 0.490. The van der Waals surface area contributed by atoms with Crippen LogP contribution in [0.25, 0.3) is 0 Å². The molecular weight excluding hydrogens is 432 g/mol. The molecule has 0 fully saturated rings. The van der Waals surface area contributed by atoms with Gasteiger partial charge in [-0.1, -0.05) is 35.9 Å². The topological polar surface area (TPSA) is 41.9 Å². The van der Waals surface area contributed by atoms with Gasteiger partial charge in [-0.3, -0.25) is 4.68 Å². The van der Waals surface area contributed by atoms with Gasteiger partial charge in [-0.25, -0.2) is 0 Å². The molecule has 0 aliphatic heterocycles. The van der Waals surface area contributed by atoms with E-state index in [0.717, 1.165) is 32.8 Å². The van der Waals surface area contributed by atoms with E-state index in [1.165, 1.54) is 0 Å². The monoisotopic (exact) mass is 448 g/mol. The number of benzene rings is 2. The van der Waals surface area contributed by atoms with Crippen LogP contribution in [0.2, 0.25) is 5.02 Å². The summed E-state index contributed by atoms with van der Waals surface area (Å²) in [7, 11) is 0. The Morgan fingerprint density at radius 3 is 2.62 bits per heavy atom. The molecule has 0 saturated carbocycles. The summed E-state index contributed by atoms with van der Waals surface area (Å²) in [6.45, 7) is 4.73. The van der Waals surface area contributed by atoms with E-state index in [2.05, 4.69) is 50.7 Å². The van der Waals surface area contributed by atoms with Gasteiger partial charge < -0.3 is 10.6 Å². The van der Waals surface area contributed by atoms with Crippen molar-refractivity contribution >= 4 is 56.2 Å². The summed E-state index contributed by atoms with van der Waals surface area (Å²) in [5, 5.41) is 12.0. The first-order chi connectivity index (χ1) is 12.4. The fraction of sp³-hybridized carbons (Fsp3) is 0.158. The highest BCUT2D eigenvalue weighted by Crippen LogP contribution is 2.22. The Hall–Kier alpha value is -1.89. The third kappa shape index (κ3) is 4.44. The number of aryl methyl sites for hydroxylation is 1. The van der Waals surface area contributed by atoms with Gasteiger partial charge in [-0.2, -0.15) is 5.10 Å². The SMILES string of the molecule is Cc1nn(Cc2cccc(NC(=S)Nc3ccccc3Cl)c2)c(C)c1Br. The van der Waals surface area contributed by atoms with E-state index >= 15 is 0 Å². The Kier molecular flexibility index (Phi) is 5.96. The zero-order valence-electron chi connectivity index (χ0n) is 14.4. The molecule has 0 saturated heterocycles. The van der Waals surface area contributed by atoms with Gasteiger partial charge in [0.15, 0.2) is 5.11 Å². The lowest BCUT2D eigenvalue weighted by atomic mass is 10.2. The van der Waals surface area contributed by atoms with Crippen molar-refractivity contribution in [1.29, 1.82) is 0 Å². The highest BCUT2D eigenvalue weighted by molar-refractivity contribution is 9.10. The molecule has 1 heterocycles. The zero-order valence-corrected chi connectivity index (χ0v) is 17.5. The molecule has 134 valence electrons. The number of hydrogen-bond acceptors (Lipinski definition) is 2. The van der Waals surface area contributed by atoms with Gasteiger partial charge >= 0.3 is 0 Å². The largest absolute Gasteiger partial charge is 0.332 e. The van der Waals surface area contributed by atoms with Crippen LogP contribution in [0.15, 0.2) is 53.0 Å². The molecule has 26 heavy (non-hydrogen) atoms. The van der Waals surface area contributed by atoms with E-state index in [9.17, 15) is 0 Å². The van der Waals surface area contributed by atoms with Gasteiger partial charge in [0.05, 0.1) is 33.1 Å². The number of nitrogens with zero attached hydrogens (tertiary/aromatic N) is 2. The lowest BCUT2D eigenvalue weighted by Gasteiger charge is -2.13. The molecule has 1 aromatic heterocycles. The van der Waals surface area contributed by atoms with Crippen molar-refractivity contribution in [2.24, 2.45) is 0 Å². The molecule has 0 aliphatic carbocycles. The fourth-order valence-corrected chi connectivity index (χ4v) is 3.29. The minimum Gasteiger partial charge on any atom is -0.332 e. The molecule has 3 aromatic rings. The van der Waals surface area contributed by atoms with Gasteiger partial charge in [-0.05, 0) is 71.8 Å². The lowest BCUT2D eigenvalue weighted by molar-refractivity contribution is 0.659. The van der Waals surface area contributed by atoms with Crippen molar-refractivity contribution < 1.29 is 0 Å². The number of nitrogens with one attached hydrogen (secondary N) is 2. The summed E-state index contributed by atoms with van der Waals surface area (Å²) in [4.78, 5) is 0. The Balaban J connectivity index is 1.70. The van der Waals surface area contributed by atoms with Crippen molar-refractivity contribution in [2.75, 3.05) is 10.6 Å². The summed E-state index contributed by atoms with van der Waals surface area (Å²) in [6.07, 6.45) is 0. The van der Waals surface area contributed by atoms with Gasteiger partial charge in [0.25, 0.3) is 0 Å². The van der Waals surface area contributed by atoms with Crippen LogP contribution in [0.3, 0.4) is 0 Å². The molecule has 2 aromatic carbocycles. The summed E-state index contributed by atoms with van der Waals surface area (Å²) in [5.41, 5.74) is 4.91. The molecule has 0 amide bonds. The first-order valence-electron chi connectivity index (χ1n) is 8.05. The van der Waals surface area contributed by atoms with Crippen molar-refractivity contribution in [3.63, 3.8) is 0 Å². The third-order valence-corrected chi connectivity index (χ3v) is 5.61. The normalized spacial score (nSPS) is 10.6. The van der Waals surface area contributed by atoms with E-state index in [0.29, 0.717) is 16.7 Å². The maximum Gasteiger partial charge on any atom is 0.175 e.